The highest BCUT2D eigenvalue weighted by Gasteiger charge is 2.42. The Kier molecular flexibility index (Phi) is 5.69. The minimum atomic E-state index is -5.74. The fraction of sp³-hybridized carbons (Fsp3) is 0.412. The van der Waals surface area contributed by atoms with Gasteiger partial charge in [-0.3, -0.25) is 9.48 Å². The molecule has 1 N–H and O–H groups in total. The monoisotopic (exact) mass is 463 g/mol. The van der Waals surface area contributed by atoms with Crippen molar-refractivity contribution in [3.05, 3.63) is 46.3 Å². The van der Waals surface area contributed by atoms with Crippen molar-refractivity contribution in [1.29, 1.82) is 0 Å². The molecule has 31 heavy (non-hydrogen) atoms. The summed E-state index contributed by atoms with van der Waals surface area (Å²) in [5.41, 5.74) is -5.61. The molecule has 0 atom stereocenters. The normalized spacial score (nSPS) is 14.8. The third kappa shape index (κ3) is 4.61. The van der Waals surface area contributed by atoms with Crippen molar-refractivity contribution in [3.63, 3.8) is 0 Å². The first-order valence-corrected chi connectivity index (χ1v) is 8.59. The van der Waals surface area contributed by atoms with E-state index in [0.717, 1.165) is 10.7 Å². The van der Waals surface area contributed by atoms with Gasteiger partial charge in [-0.15, -0.1) is 0 Å². The molecule has 0 aliphatic heterocycles. The number of carbonyl (C=O) groups is 1. The maximum absolute atomic E-state index is 13.8. The van der Waals surface area contributed by atoms with Gasteiger partial charge in [0.15, 0.2) is 29.0 Å². The van der Waals surface area contributed by atoms with Crippen LogP contribution in [0.15, 0.2) is 6.07 Å². The van der Waals surface area contributed by atoms with Gasteiger partial charge in [-0.2, -0.15) is 31.4 Å². The lowest BCUT2D eigenvalue weighted by Crippen LogP contribution is -2.21. The molecule has 1 saturated carbocycles. The van der Waals surface area contributed by atoms with Gasteiger partial charge in [-0.05, 0) is 18.9 Å². The van der Waals surface area contributed by atoms with Crippen molar-refractivity contribution >= 4 is 11.6 Å². The molecule has 0 spiro atoms. The number of nitrogens with one attached hydrogen (secondary N) is 1. The number of amides is 1. The number of aryl methyl sites for hydroxylation is 1. The maximum atomic E-state index is 13.8. The highest BCUT2D eigenvalue weighted by atomic mass is 19.4. The van der Waals surface area contributed by atoms with Crippen molar-refractivity contribution in [2.45, 2.75) is 44.1 Å². The van der Waals surface area contributed by atoms with Gasteiger partial charge >= 0.3 is 12.4 Å². The standard InChI is InChI=1S/C17H11F10N3O/c18-11-10(17(25,26)27)12(19)14(21)15(13(11)20)28-9(31)3-4-30-7(6-1-2-6)5-8(29-30)16(22,23)24/h5-6H,1-4H2,(H,28,31). The lowest BCUT2D eigenvalue weighted by molar-refractivity contribution is -0.143. The molecule has 1 amide bonds. The molecule has 1 aliphatic carbocycles. The van der Waals surface area contributed by atoms with E-state index in [4.69, 9.17) is 0 Å². The summed E-state index contributed by atoms with van der Waals surface area (Å²) >= 11 is 0. The minimum absolute atomic E-state index is 0.184. The van der Waals surface area contributed by atoms with Gasteiger partial charge in [-0.1, -0.05) is 0 Å². The van der Waals surface area contributed by atoms with E-state index in [1.54, 1.807) is 0 Å². The molecule has 2 aromatic rings. The van der Waals surface area contributed by atoms with Crippen LogP contribution in [0, 0.1) is 23.3 Å². The molecule has 170 valence electrons. The summed E-state index contributed by atoms with van der Waals surface area (Å²) in [6.45, 7) is -0.484. The van der Waals surface area contributed by atoms with E-state index >= 15 is 0 Å². The molecule has 1 aromatic carbocycles. The molecule has 1 heterocycles. The SMILES string of the molecule is O=C(CCn1nc(C(F)(F)F)cc1C1CC1)Nc1c(F)c(F)c(C(F)(F)F)c(F)c1F. The van der Waals surface area contributed by atoms with Crippen molar-refractivity contribution in [2.24, 2.45) is 0 Å². The Morgan fingerprint density at radius 3 is 1.97 bits per heavy atom. The zero-order chi connectivity index (χ0) is 23.3. The molecule has 1 aromatic heterocycles. The summed E-state index contributed by atoms with van der Waals surface area (Å²) < 4.78 is 132. The van der Waals surface area contributed by atoms with E-state index in [9.17, 15) is 48.7 Å². The van der Waals surface area contributed by atoms with Gasteiger partial charge < -0.3 is 5.32 Å². The van der Waals surface area contributed by atoms with Crippen LogP contribution in [-0.2, 0) is 23.7 Å². The van der Waals surface area contributed by atoms with Crippen LogP contribution in [0.25, 0.3) is 0 Å². The average Bonchev–Trinajstić information content (AvgIpc) is 3.39. The lowest BCUT2D eigenvalue weighted by atomic mass is 10.1. The molecule has 0 bridgehead atoms. The molecule has 0 radical (unpaired) electrons. The molecule has 4 nitrogen and oxygen atoms in total. The number of alkyl halides is 6. The Morgan fingerprint density at radius 2 is 1.52 bits per heavy atom. The van der Waals surface area contributed by atoms with Crippen molar-refractivity contribution in [3.8, 4) is 0 Å². The Morgan fingerprint density at radius 1 is 0.968 bits per heavy atom. The summed E-state index contributed by atoms with van der Waals surface area (Å²) in [6, 6.07) is 0.801. The summed E-state index contributed by atoms with van der Waals surface area (Å²) in [6.07, 6.45) is -10.0. The first-order valence-electron chi connectivity index (χ1n) is 8.59. The zero-order valence-corrected chi connectivity index (χ0v) is 15.1. The summed E-state index contributed by atoms with van der Waals surface area (Å²) in [7, 11) is 0. The lowest BCUT2D eigenvalue weighted by Gasteiger charge is -2.14. The van der Waals surface area contributed by atoms with E-state index in [1.165, 1.54) is 5.32 Å². The fourth-order valence-electron chi connectivity index (χ4n) is 2.86. The topological polar surface area (TPSA) is 46.9 Å². The largest absolute Gasteiger partial charge is 0.435 e. The highest BCUT2D eigenvalue weighted by Crippen LogP contribution is 2.42. The summed E-state index contributed by atoms with van der Waals surface area (Å²) in [5.74, 6) is -12.0. The quantitative estimate of drug-likeness (QED) is 0.478. The number of hydrogen-bond donors (Lipinski definition) is 1. The Balaban J connectivity index is 1.79. The summed E-state index contributed by atoms with van der Waals surface area (Å²) in [4.78, 5) is 11.9. The van der Waals surface area contributed by atoms with Crippen LogP contribution in [0.2, 0.25) is 0 Å². The van der Waals surface area contributed by atoms with Crippen LogP contribution in [0.4, 0.5) is 49.6 Å². The van der Waals surface area contributed by atoms with Gasteiger partial charge in [-0.25, -0.2) is 17.6 Å². The highest BCUT2D eigenvalue weighted by molar-refractivity contribution is 5.91. The van der Waals surface area contributed by atoms with Crippen LogP contribution in [-0.4, -0.2) is 15.7 Å². The van der Waals surface area contributed by atoms with Gasteiger partial charge in [0.25, 0.3) is 0 Å². The zero-order valence-electron chi connectivity index (χ0n) is 15.1. The van der Waals surface area contributed by atoms with Crippen LogP contribution in [0.1, 0.15) is 42.1 Å². The molecule has 0 unspecified atom stereocenters. The van der Waals surface area contributed by atoms with E-state index < -0.39 is 71.4 Å². The summed E-state index contributed by atoms with van der Waals surface area (Å²) in [5, 5.41) is 4.75. The number of aromatic nitrogens is 2. The molecule has 1 fully saturated rings. The minimum Gasteiger partial charge on any atom is -0.321 e. The number of hydrogen-bond acceptors (Lipinski definition) is 2. The van der Waals surface area contributed by atoms with Crippen LogP contribution in [0.5, 0.6) is 0 Å². The second-order valence-electron chi connectivity index (χ2n) is 6.75. The van der Waals surface area contributed by atoms with E-state index in [-0.39, 0.29) is 11.6 Å². The predicted octanol–water partition coefficient (Wildman–Crippen LogP) is 5.38. The average molecular weight is 463 g/mol. The van der Waals surface area contributed by atoms with Crippen molar-refractivity contribution in [2.75, 3.05) is 5.32 Å². The number of rotatable bonds is 5. The first kappa shape index (κ1) is 22.9. The second-order valence-corrected chi connectivity index (χ2v) is 6.75. The third-order valence-electron chi connectivity index (χ3n) is 4.46. The fourth-order valence-corrected chi connectivity index (χ4v) is 2.86. The van der Waals surface area contributed by atoms with Crippen molar-refractivity contribution < 1.29 is 48.7 Å². The Bertz CT molecular complexity index is 992. The number of nitrogens with zero attached hydrogens (tertiary/aromatic N) is 2. The molecule has 1 aliphatic rings. The molecule has 3 rings (SSSR count). The number of carbonyl (C=O) groups excluding carboxylic acids is 1. The number of halogens is 10. The molecular formula is C17H11F10N3O. The van der Waals surface area contributed by atoms with Gasteiger partial charge in [0.05, 0.1) is 0 Å². The predicted molar refractivity (Wildman–Crippen MR) is 83.7 cm³/mol. The van der Waals surface area contributed by atoms with Crippen LogP contribution >= 0.6 is 0 Å². The Hall–Kier alpha value is -2.80. The van der Waals surface area contributed by atoms with Gasteiger partial charge in [0, 0.05) is 24.6 Å². The van der Waals surface area contributed by atoms with Gasteiger partial charge in [0.2, 0.25) is 5.91 Å². The Labute approximate surface area is 166 Å². The molecule has 14 heteroatoms. The van der Waals surface area contributed by atoms with Crippen LogP contribution in [0.3, 0.4) is 0 Å². The molecule has 0 saturated heterocycles. The van der Waals surface area contributed by atoms with E-state index in [1.807, 2.05) is 0 Å². The number of anilines is 1. The van der Waals surface area contributed by atoms with Gasteiger partial charge in [0.1, 0.15) is 11.3 Å². The second kappa shape index (κ2) is 7.71. The van der Waals surface area contributed by atoms with E-state index in [2.05, 4.69) is 5.10 Å². The first-order chi connectivity index (χ1) is 14.2. The van der Waals surface area contributed by atoms with E-state index in [0.29, 0.717) is 12.8 Å². The molecular weight excluding hydrogens is 452 g/mol. The maximum Gasteiger partial charge on any atom is 0.435 e. The van der Waals surface area contributed by atoms with Crippen molar-refractivity contribution in [1.82, 2.24) is 9.78 Å². The number of benzene rings is 1. The smallest absolute Gasteiger partial charge is 0.321 e. The third-order valence-corrected chi connectivity index (χ3v) is 4.46. The van der Waals surface area contributed by atoms with Crippen LogP contribution < -0.4 is 5.32 Å².